The minimum atomic E-state index is -0.578. The molecule has 74 valence electrons. The van der Waals surface area contributed by atoms with Crippen LogP contribution in [0, 0.1) is 0 Å². The fourth-order valence-corrected chi connectivity index (χ4v) is 1.46. The van der Waals surface area contributed by atoms with Crippen LogP contribution in [0.5, 0.6) is 0 Å². The SMILES string of the molecule is CON1C(=O)N(O)Cc2ccccc21. The van der Waals surface area contributed by atoms with Gasteiger partial charge in [0.25, 0.3) is 0 Å². The number of rotatable bonds is 1. The maximum atomic E-state index is 11.4. The molecule has 1 aromatic carbocycles. The van der Waals surface area contributed by atoms with Crippen LogP contribution in [-0.2, 0) is 11.4 Å². The molecule has 5 heteroatoms. The molecule has 0 spiro atoms. The predicted octanol–water partition coefficient (Wildman–Crippen LogP) is 1.38. The van der Waals surface area contributed by atoms with Gasteiger partial charge in [0.2, 0.25) is 0 Å². The van der Waals surface area contributed by atoms with Crippen molar-refractivity contribution in [3.8, 4) is 0 Å². The molecular weight excluding hydrogens is 184 g/mol. The number of amides is 2. The average Bonchev–Trinajstić information content (AvgIpc) is 2.20. The Labute approximate surface area is 81.0 Å². The summed E-state index contributed by atoms with van der Waals surface area (Å²) in [6, 6.07) is 6.67. The van der Waals surface area contributed by atoms with Crippen LogP contribution < -0.4 is 5.06 Å². The second kappa shape index (κ2) is 3.28. The van der Waals surface area contributed by atoms with Crippen LogP contribution in [0.25, 0.3) is 0 Å². The van der Waals surface area contributed by atoms with Crippen molar-refractivity contribution in [1.82, 2.24) is 5.06 Å². The molecule has 0 aliphatic carbocycles. The van der Waals surface area contributed by atoms with E-state index in [-0.39, 0.29) is 6.54 Å². The van der Waals surface area contributed by atoms with E-state index in [0.717, 1.165) is 10.6 Å². The average molecular weight is 194 g/mol. The highest BCUT2D eigenvalue weighted by Crippen LogP contribution is 2.27. The number of hydrogen-bond acceptors (Lipinski definition) is 3. The first-order valence-corrected chi connectivity index (χ1v) is 4.16. The highest BCUT2D eigenvalue weighted by atomic mass is 16.7. The number of carbonyl (C=O) groups is 1. The van der Waals surface area contributed by atoms with Crippen molar-refractivity contribution in [2.24, 2.45) is 0 Å². The minimum absolute atomic E-state index is 0.189. The number of hydrogen-bond donors (Lipinski definition) is 1. The molecule has 1 aliphatic rings. The Morgan fingerprint density at radius 3 is 2.86 bits per heavy atom. The number of urea groups is 1. The van der Waals surface area contributed by atoms with Crippen LogP contribution >= 0.6 is 0 Å². The molecule has 0 saturated carbocycles. The summed E-state index contributed by atoms with van der Waals surface area (Å²) in [6.45, 7) is 0.189. The molecule has 0 radical (unpaired) electrons. The summed E-state index contributed by atoms with van der Waals surface area (Å²) in [5, 5.41) is 11.0. The standard InChI is InChI=1S/C9H10N2O3/c1-14-11-8-5-3-2-4-7(8)6-10(13)9(11)12/h2-5,13H,6H2,1H3. The van der Waals surface area contributed by atoms with Gasteiger partial charge in [-0.15, -0.1) is 0 Å². The van der Waals surface area contributed by atoms with Crippen molar-refractivity contribution in [3.63, 3.8) is 0 Å². The number of fused-ring (bicyclic) bond motifs is 1. The molecule has 2 amide bonds. The van der Waals surface area contributed by atoms with E-state index in [1.165, 1.54) is 7.11 Å². The summed E-state index contributed by atoms with van der Waals surface area (Å²) in [7, 11) is 1.38. The Hall–Kier alpha value is -1.59. The van der Waals surface area contributed by atoms with Gasteiger partial charge >= 0.3 is 6.03 Å². The Balaban J connectivity index is 2.47. The van der Waals surface area contributed by atoms with Crippen molar-refractivity contribution >= 4 is 11.7 Å². The van der Waals surface area contributed by atoms with E-state index in [1.54, 1.807) is 6.07 Å². The van der Waals surface area contributed by atoms with E-state index in [9.17, 15) is 10.0 Å². The fourth-order valence-electron chi connectivity index (χ4n) is 1.46. The lowest BCUT2D eigenvalue weighted by Gasteiger charge is -2.31. The lowest BCUT2D eigenvalue weighted by atomic mass is 10.1. The monoisotopic (exact) mass is 194 g/mol. The van der Waals surface area contributed by atoms with Gasteiger partial charge in [0.1, 0.15) is 0 Å². The van der Waals surface area contributed by atoms with Crippen molar-refractivity contribution < 1.29 is 14.8 Å². The van der Waals surface area contributed by atoms with Gasteiger partial charge < -0.3 is 0 Å². The maximum Gasteiger partial charge on any atom is 0.372 e. The third kappa shape index (κ3) is 1.23. The topological polar surface area (TPSA) is 53.0 Å². The largest absolute Gasteiger partial charge is 0.372 e. The van der Waals surface area contributed by atoms with Crippen LogP contribution in [0.2, 0.25) is 0 Å². The summed E-state index contributed by atoms with van der Waals surface area (Å²) >= 11 is 0. The van der Waals surface area contributed by atoms with E-state index in [4.69, 9.17) is 4.84 Å². The van der Waals surface area contributed by atoms with Gasteiger partial charge in [-0.05, 0) is 6.07 Å². The smallest absolute Gasteiger partial charge is 0.284 e. The zero-order valence-electron chi connectivity index (χ0n) is 7.67. The Morgan fingerprint density at radius 2 is 2.14 bits per heavy atom. The summed E-state index contributed by atoms with van der Waals surface area (Å²) < 4.78 is 0. The highest BCUT2D eigenvalue weighted by molar-refractivity contribution is 5.91. The number of anilines is 1. The summed E-state index contributed by atoms with van der Waals surface area (Å²) in [5.74, 6) is 0. The molecule has 1 heterocycles. The molecule has 14 heavy (non-hydrogen) atoms. The molecule has 1 aliphatic heterocycles. The molecule has 0 atom stereocenters. The summed E-state index contributed by atoms with van der Waals surface area (Å²) in [4.78, 5) is 16.3. The van der Waals surface area contributed by atoms with Crippen LogP contribution in [-0.4, -0.2) is 23.4 Å². The van der Waals surface area contributed by atoms with E-state index >= 15 is 0 Å². The van der Waals surface area contributed by atoms with Crippen LogP contribution in [0.3, 0.4) is 0 Å². The fraction of sp³-hybridized carbons (Fsp3) is 0.222. The molecule has 0 bridgehead atoms. The molecule has 0 aromatic heterocycles. The lowest BCUT2D eigenvalue weighted by molar-refractivity contribution is -0.0614. The van der Waals surface area contributed by atoms with Gasteiger partial charge in [0.05, 0.1) is 19.3 Å². The Bertz CT molecular complexity index is 367. The van der Waals surface area contributed by atoms with Gasteiger partial charge in [0, 0.05) is 5.56 Å². The third-order valence-electron chi connectivity index (χ3n) is 2.11. The van der Waals surface area contributed by atoms with Crippen molar-refractivity contribution in [2.45, 2.75) is 6.54 Å². The molecule has 0 unspecified atom stereocenters. The first-order chi connectivity index (χ1) is 6.74. The van der Waals surface area contributed by atoms with Crippen molar-refractivity contribution in [2.75, 3.05) is 12.2 Å². The van der Waals surface area contributed by atoms with Gasteiger partial charge in [-0.2, -0.15) is 10.1 Å². The zero-order chi connectivity index (χ0) is 10.1. The first kappa shape index (κ1) is 8.98. The van der Waals surface area contributed by atoms with Crippen LogP contribution in [0.1, 0.15) is 5.56 Å². The van der Waals surface area contributed by atoms with E-state index in [0.29, 0.717) is 10.8 Å². The van der Waals surface area contributed by atoms with Gasteiger partial charge in [-0.3, -0.25) is 10.0 Å². The van der Waals surface area contributed by atoms with E-state index < -0.39 is 6.03 Å². The zero-order valence-corrected chi connectivity index (χ0v) is 7.67. The number of carbonyl (C=O) groups excluding carboxylic acids is 1. The van der Waals surface area contributed by atoms with Crippen molar-refractivity contribution in [1.29, 1.82) is 0 Å². The summed E-state index contributed by atoms with van der Waals surface area (Å²) in [5.41, 5.74) is 1.52. The van der Waals surface area contributed by atoms with Gasteiger partial charge in [-0.25, -0.2) is 4.79 Å². The summed E-state index contributed by atoms with van der Waals surface area (Å²) in [6.07, 6.45) is 0. The quantitative estimate of drug-likeness (QED) is 0.687. The van der Waals surface area contributed by atoms with E-state index in [1.807, 2.05) is 18.2 Å². The van der Waals surface area contributed by atoms with Crippen molar-refractivity contribution in [3.05, 3.63) is 29.8 Å². The molecule has 2 rings (SSSR count). The Kier molecular flexibility index (Phi) is 2.11. The van der Waals surface area contributed by atoms with Crippen LogP contribution in [0.15, 0.2) is 24.3 Å². The second-order valence-electron chi connectivity index (χ2n) is 2.95. The maximum absolute atomic E-state index is 11.4. The lowest BCUT2D eigenvalue weighted by Crippen LogP contribution is -2.44. The van der Waals surface area contributed by atoms with Crippen LogP contribution in [0.4, 0.5) is 10.5 Å². The number of hydroxylamine groups is 3. The number of nitrogens with zero attached hydrogens (tertiary/aromatic N) is 2. The minimum Gasteiger partial charge on any atom is -0.284 e. The molecule has 1 aromatic rings. The Morgan fingerprint density at radius 1 is 1.43 bits per heavy atom. The molecule has 0 fully saturated rings. The molecular formula is C9H10N2O3. The third-order valence-corrected chi connectivity index (χ3v) is 2.11. The number of para-hydroxylation sites is 1. The van der Waals surface area contributed by atoms with E-state index in [2.05, 4.69) is 0 Å². The first-order valence-electron chi connectivity index (χ1n) is 4.16. The molecule has 0 saturated heterocycles. The van der Waals surface area contributed by atoms with Gasteiger partial charge in [-0.1, -0.05) is 18.2 Å². The predicted molar refractivity (Wildman–Crippen MR) is 48.7 cm³/mol. The van der Waals surface area contributed by atoms with Gasteiger partial charge in [0.15, 0.2) is 0 Å². The highest BCUT2D eigenvalue weighted by Gasteiger charge is 2.29. The normalized spacial score (nSPS) is 15.7. The molecule has 5 nitrogen and oxygen atoms in total. The number of benzene rings is 1. The molecule has 1 N–H and O–H groups in total. The second-order valence-corrected chi connectivity index (χ2v) is 2.95.